The Balaban J connectivity index is 2.21. The normalized spacial score (nSPS) is 9.22. The number of ether oxygens (including phenoxy) is 1. The number of benzene rings is 1. The molecule has 0 fully saturated rings. The van der Waals surface area contributed by atoms with Crippen molar-refractivity contribution in [1.82, 2.24) is 9.97 Å². The molecule has 1 heterocycles. The zero-order valence-electron chi connectivity index (χ0n) is 9.16. The minimum absolute atomic E-state index is 0.0520. The molecule has 0 aliphatic carbocycles. The fourth-order valence-electron chi connectivity index (χ4n) is 1.22. The average molecular weight is 237 g/mol. The van der Waals surface area contributed by atoms with Gasteiger partial charge in [-0.15, -0.1) is 0 Å². The Labute approximate surface area is 103 Å². The van der Waals surface area contributed by atoms with E-state index in [0.717, 1.165) is 0 Å². The predicted octanol–water partition coefficient (Wildman–Crippen LogP) is 1.59. The maximum atomic E-state index is 8.68. The lowest BCUT2D eigenvalue weighted by molar-refractivity contribution is 0.442. The van der Waals surface area contributed by atoms with Crippen LogP contribution in [-0.4, -0.2) is 9.97 Å². The largest absolute Gasteiger partial charge is 0.424 e. The SMILES string of the molecule is N#Cc1ccc(Oc2ncc(C#N)c(N)n2)cc1. The molecular weight excluding hydrogens is 230 g/mol. The minimum atomic E-state index is 0.0520. The highest BCUT2D eigenvalue weighted by molar-refractivity contribution is 5.47. The van der Waals surface area contributed by atoms with Crippen molar-refractivity contribution in [3.05, 3.63) is 41.6 Å². The fraction of sp³-hybridized carbons (Fsp3) is 0. The van der Waals surface area contributed by atoms with Gasteiger partial charge in [0.1, 0.15) is 23.2 Å². The Hall–Kier alpha value is -3.12. The summed E-state index contributed by atoms with van der Waals surface area (Å²) < 4.78 is 5.34. The molecule has 6 heteroatoms. The molecule has 0 aliphatic heterocycles. The van der Waals surface area contributed by atoms with Gasteiger partial charge in [0.05, 0.1) is 17.8 Å². The zero-order valence-corrected chi connectivity index (χ0v) is 9.16. The van der Waals surface area contributed by atoms with E-state index in [9.17, 15) is 0 Å². The van der Waals surface area contributed by atoms with Gasteiger partial charge in [-0.05, 0) is 24.3 Å². The van der Waals surface area contributed by atoms with Gasteiger partial charge in [0.2, 0.25) is 0 Å². The lowest BCUT2D eigenvalue weighted by Gasteiger charge is -2.04. The van der Waals surface area contributed by atoms with Crippen molar-refractivity contribution in [2.45, 2.75) is 0 Å². The van der Waals surface area contributed by atoms with E-state index in [1.807, 2.05) is 12.1 Å². The van der Waals surface area contributed by atoms with Gasteiger partial charge in [-0.1, -0.05) is 0 Å². The molecule has 0 amide bonds. The van der Waals surface area contributed by atoms with Crippen LogP contribution in [0.4, 0.5) is 5.82 Å². The quantitative estimate of drug-likeness (QED) is 0.849. The van der Waals surface area contributed by atoms with E-state index in [0.29, 0.717) is 11.3 Å². The minimum Gasteiger partial charge on any atom is -0.424 e. The number of nitriles is 2. The molecule has 86 valence electrons. The number of rotatable bonds is 2. The molecule has 0 saturated heterocycles. The van der Waals surface area contributed by atoms with Crippen LogP contribution < -0.4 is 10.5 Å². The van der Waals surface area contributed by atoms with Crippen LogP contribution in [0.3, 0.4) is 0 Å². The number of anilines is 1. The van der Waals surface area contributed by atoms with Gasteiger partial charge in [-0.3, -0.25) is 0 Å². The van der Waals surface area contributed by atoms with Gasteiger partial charge < -0.3 is 10.5 Å². The average Bonchev–Trinajstić information content (AvgIpc) is 2.40. The maximum Gasteiger partial charge on any atom is 0.323 e. The van der Waals surface area contributed by atoms with E-state index >= 15 is 0 Å². The monoisotopic (exact) mass is 237 g/mol. The zero-order chi connectivity index (χ0) is 13.0. The summed E-state index contributed by atoms with van der Waals surface area (Å²) in [6, 6.07) is 10.4. The van der Waals surface area contributed by atoms with Crippen molar-refractivity contribution >= 4 is 5.82 Å². The summed E-state index contributed by atoms with van der Waals surface area (Å²) in [6.45, 7) is 0. The predicted molar refractivity (Wildman–Crippen MR) is 62.4 cm³/mol. The Morgan fingerprint density at radius 1 is 1.11 bits per heavy atom. The molecule has 0 bridgehead atoms. The highest BCUT2D eigenvalue weighted by Gasteiger charge is 2.05. The molecule has 0 saturated carbocycles. The van der Waals surface area contributed by atoms with Gasteiger partial charge >= 0.3 is 6.01 Å². The Morgan fingerprint density at radius 3 is 2.39 bits per heavy atom. The Morgan fingerprint density at radius 2 is 1.83 bits per heavy atom. The van der Waals surface area contributed by atoms with Crippen molar-refractivity contribution in [1.29, 1.82) is 10.5 Å². The summed E-state index contributed by atoms with van der Waals surface area (Å²) in [5.41, 5.74) is 6.26. The van der Waals surface area contributed by atoms with Gasteiger partial charge in [0.15, 0.2) is 0 Å². The molecule has 1 aromatic carbocycles. The molecule has 2 aromatic rings. The number of hydrogen-bond donors (Lipinski definition) is 1. The second-order valence-electron chi connectivity index (χ2n) is 3.30. The molecule has 2 rings (SSSR count). The van der Waals surface area contributed by atoms with Crippen LogP contribution in [0.5, 0.6) is 11.8 Å². The first-order valence-corrected chi connectivity index (χ1v) is 4.93. The number of aromatic nitrogens is 2. The highest BCUT2D eigenvalue weighted by atomic mass is 16.5. The summed E-state index contributed by atoms with van der Waals surface area (Å²) in [5, 5.41) is 17.3. The number of nitrogens with zero attached hydrogens (tertiary/aromatic N) is 4. The third-order valence-electron chi connectivity index (χ3n) is 2.11. The van der Waals surface area contributed by atoms with E-state index in [-0.39, 0.29) is 17.4 Å². The molecule has 0 unspecified atom stereocenters. The summed E-state index contributed by atoms with van der Waals surface area (Å²) in [7, 11) is 0. The molecule has 2 N–H and O–H groups in total. The van der Waals surface area contributed by atoms with Crippen molar-refractivity contribution in [2.75, 3.05) is 5.73 Å². The standard InChI is InChI=1S/C12H7N5O/c13-5-8-1-3-10(4-2-8)18-12-16-7-9(6-14)11(15)17-12/h1-4,7H,(H2,15,16,17). The smallest absolute Gasteiger partial charge is 0.323 e. The van der Waals surface area contributed by atoms with Gasteiger partial charge in [0.25, 0.3) is 0 Å². The third-order valence-corrected chi connectivity index (χ3v) is 2.11. The van der Waals surface area contributed by atoms with E-state index in [4.69, 9.17) is 21.0 Å². The summed E-state index contributed by atoms with van der Waals surface area (Å²) in [4.78, 5) is 7.69. The summed E-state index contributed by atoms with van der Waals surface area (Å²) >= 11 is 0. The van der Waals surface area contributed by atoms with Crippen LogP contribution >= 0.6 is 0 Å². The first-order valence-electron chi connectivity index (χ1n) is 4.93. The van der Waals surface area contributed by atoms with E-state index in [1.165, 1.54) is 6.20 Å². The number of hydrogen-bond acceptors (Lipinski definition) is 6. The molecule has 6 nitrogen and oxygen atoms in total. The van der Waals surface area contributed by atoms with Gasteiger partial charge in [-0.25, -0.2) is 4.98 Å². The number of nitrogen functional groups attached to an aromatic ring is 1. The highest BCUT2D eigenvalue weighted by Crippen LogP contribution is 2.19. The van der Waals surface area contributed by atoms with Crippen molar-refractivity contribution < 1.29 is 4.74 Å². The topological polar surface area (TPSA) is 109 Å². The molecule has 0 atom stereocenters. The molecular formula is C12H7N5O. The van der Waals surface area contributed by atoms with Crippen molar-refractivity contribution in [3.63, 3.8) is 0 Å². The van der Waals surface area contributed by atoms with E-state index in [1.54, 1.807) is 24.3 Å². The van der Waals surface area contributed by atoms with E-state index < -0.39 is 0 Å². The lowest BCUT2D eigenvalue weighted by atomic mass is 10.2. The number of nitrogens with two attached hydrogens (primary N) is 1. The van der Waals surface area contributed by atoms with Crippen molar-refractivity contribution in [2.24, 2.45) is 0 Å². The second kappa shape index (κ2) is 4.81. The summed E-state index contributed by atoms with van der Waals surface area (Å²) in [6.07, 6.45) is 1.29. The molecule has 1 aromatic heterocycles. The molecule has 0 radical (unpaired) electrons. The van der Waals surface area contributed by atoms with Crippen LogP contribution in [0.25, 0.3) is 0 Å². The summed E-state index contributed by atoms with van der Waals surface area (Å²) in [5.74, 6) is 0.550. The van der Waals surface area contributed by atoms with Gasteiger partial charge in [0, 0.05) is 0 Å². The van der Waals surface area contributed by atoms with Crippen LogP contribution in [-0.2, 0) is 0 Å². The maximum absolute atomic E-state index is 8.68. The van der Waals surface area contributed by atoms with E-state index in [2.05, 4.69) is 9.97 Å². The van der Waals surface area contributed by atoms with Crippen LogP contribution in [0.15, 0.2) is 30.5 Å². The first-order chi connectivity index (χ1) is 8.72. The first kappa shape index (κ1) is 11.4. The van der Waals surface area contributed by atoms with Crippen LogP contribution in [0.2, 0.25) is 0 Å². The van der Waals surface area contributed by atoms with Gasteiger partial charge in [-0.2, -0.15) is 15.5 Å². The molecule has 0 aliphatic rings. The molecule has 18 heavy (non-hydrogen) atoms. The fourth-order valence-corrected chi connectivity index (χ4v) is 1.22. The third kappa shape index (κ3) is 2.34. The van der Waals surface area contributed by atoms with Crippen molar-refractivity contribution in [3.8, 4) is 23.9 Å². The Bertz CT molecular complexity index is 652. The lowest BCUT2D eigenvalue weighted by Crippen LogP contribution is -1.99. The molecule has 0 spiro atoms. The Kier molecular flexibility index (Phi) is 3.04. The second-order valence-corrected chi connectivity index (χ2v) is 3.30. The van der Waals surface area contributed by atoms with Crippen LogP contribution in [0.1, 0.15) is 11.1 Å². The van der Waals surface area contributed by atoms with Crippen LogP contribution in [0, 0.1) is 22.7 Å².